The molecule has 15 heteroatoms. The van der Waals surface area contributed by atoms with Crippen LogP contribution in [0.3, 0.4) is 0 Å². The zero-order valence-electron chi connectivity index (χ0n) is 38.1. The summed E-state index contributed by atoms with van der Waals surface area (Å²) in [7, 11) is 0. The molecule has 8 rings (SSSR count). The number of nitrogens with zero attached hydrogens (tertiary/aromatic N) is 3. The number of imidazole rings is 2. The molecule has 2 aliphatic rings. The molecular weight excluding hydrogens is 817 g/mol. The highest BCUT2D eigenvalue weighted by atomic mass is 16.8. The van der Waals surface area contributed by atoms with Crippen molar-refractivity contribution in [1.29, 1.82) is 0 Å². The highest BCUT2D eigenvalue weighted by Crippen LogP contribution is 2.34. The first-order valence-electron chi connectivity index (χ1n) is 21.5. The molecule has 2 aliphatic heterocycles. The number of phenolic OH excluding ortho intramolecular Hbond substituents is 2. The summed E-state index contributed by atoms with van der Waals surface area (Å²) in [6.07, 6.45) is 5.44. The van der Waals surface area contributed by atoms with Crippen molar-refractivity contribution < 1.29 is 43.5 Å². The SMILES string of the molecule is CC(C)(C)OC(=O)N1CCC[C@H]1c1ncc(-c2ccc3cc(O)ccc3c2)[nH]1.CC(C)(C)OC(=O)OC(=O)OC(C)(C)C.Oc1ccc2cc(-c3cnc([C@@H]4CCCN4)[nH]3)ccc2c1. The third-order valence-corrected chi connectivity index (χ3v) is 9.99. The number of aromatic nitrogens is 4. The van der Waals surface area contributed by atoms with Gasteiger partial charge in [-0.05, 0) is 152 Å². The fraction of sp³-hybridized carbons (Fsp3) is 0.408. The van der Waals surface area contributed by atoms with Crippen LogP contribution in [0.5, 0.6) is 11.5 Å². The van der Waals surface area contributed by atoms with Crippen LogP contribution >= 0.6 is 0 Å². The second-order valence-corrected chi connectivity index (χ2v) is 18.9. The number of phenols is 2. The average molecular weight is 877 g/mol. The number of carbonyl (C=O) groups is 3. The maximum Gasteiger partial charge on any atom is 0.519 e. The summed E-state index contributed by atoms with van der Waals surface area (Å²) in [5.74, 6) is 2.36. The number of likely N-dealkylation sites (tertiary alicyclic amines) is 1. The molecule has 4 aromatic carbocycles. The summed E-state index contributed by atoms with van der Waals surface area (Å²) in [6, 6.07) is 23.3. The van der Waals surface area contributed by atoms with Gasteiger partial charge >= 0.3 is 18.4 Å². The minimum atomic E-state index is -1.06. The molecule has 0 radical (unpaired) electrons. The van der Waals surface area contributed by atoms with Gasteiger partial charge in [-0.1, -0.05) is 36.4 Å². The number of H-pyrrole nitrogens is 2. The van der Waals surface area contributed by atoms with E-state index in [-0.39, 0.29) is 17.9 Å². The number of aromatic amines is 2. The van der Waals surface area contributed by atoms with E-state index in [0.717, 1.165) is 81.5 Å². The van der Waals surface area contributed by atoms with E-state index in [1.807, 2.05) is 63.5 Å². The zero-order chi connectivity index (χ0) is 46.4. The predicted molar refractivity (Wildman–Crippen MR) is 245 cm³/mol. The van der Waals surface area contributed by atoms with Gasteiger partial charge in [0.25, 0.3) is 0 Å². The van der Waals surface area contributed by atoms with Crippen molar-refractivity contribution in [3.05, 3.63) is 96.8 Å². The van der Waals surface area contributed by atoms with E-state index in [0.29, 0.717) is 18.3 Å². The minimum absolute atomic E-state index is 0.0963. The molecular formula is C49H60N6O9. The monoisotopic (exact) mass is 876 g/mol. The van der Waals surface area contributed by atoms with Crippen LogP contribution in [0.4, 0.5) is 14.4 Å². The Morgan fingerprint density at radius 2 is 1.08 bits per heavy atom. The summed E-state index contributed by atoms with van der Waals surface area (Å²) < 4.78 is 19.3. The van der Waals surface area contributed by atoms with Crippen LogP contribution in [0, 0.1) is 0 Å². The van der Waals surface area contributed by atoms with E-state index in [4.69, 9.17) is 14.2 Å². The van der Waals surface area contributed by atoms with Gasteiger partial charge < -0.3 is 44.4 Å². The minimum Gasteiger partial charge on any atom is -0.508 e. The second kappa shape index (κ2) is 19.4. The Kier molecular flexibility index (Phi) is 14.2. The van der Waals surface area contributed by atoms with Crippen LogP contribution < -0.4 is 5.32 Å². The van der Waals surface area contributed by atoms with Gasteiger partial charge in [-0.3, -0.25) is 4.90 Å². The van der Waals surface area contributed by atoms with Crippen molar-refractivity contribution in [3.8, 4) is 34.0 Å². The number of carbonyl (C=O) groups excluding carboxylic acids is 3. The van der Waals surface area contributed by atoms with Crippen molar-refractivity contribution in [1.82, 2.24) is 30.2 Å². The molecule has 0 bridgehead atoms. The molecule has 15 nitrogen and oxygen atoms in total. The van der Waals surface area contributed by atoms with Crippen LogP contribution in [0.1, 0.15) is 112 Å². The summed E-state index contributed by atoms with van der Waals surface area (Å²) in [4.78, 5) is 52.2. The van der Waals surface area contributed by atoms with Crippen molar-refractivity contribution >= 4 is 39.9 Å². The Morgan fingerprint density at radius 1 is 0.609 bits per heavy atom. The number of benzene rings is 4. The Labute approximate surface area is 373 Å². The van der Waals surface area contributed by atoms with Crippen molar-refractivity contribution in [3.63, 3.8) is 0 Å². The summed E-state index contributed by atoms with van der Waals surface area (Å²) in [5.41, 5.74) is 2.16. The molecule has 0 saturated carbocycles. The highest BCUT2D eigenvalue weighted by Gasteiger charge is 2.35. The fourth-order valence-corrected chi connectivity index (χ4v) is 7.23. The molecule has 4 heterocycles. The molecule has 64 heavy (non-hydrogen) atoms. The summed E-state index contributed by atoms with van der Waals surface area (Å²) in [6.45, 7) is 17.4. The third-order valence-electron chi connectivity index (χ3n) is 9.99. The van der Waals surface area contributed by atoms with Gasteiger partial charge in [-0.15, -0.1) is 0 Å². The van der Waals surface area contributed by atoms with E-state index in [1.54, 1.807) is 70.7 Å². The number of ether oxygens (including phenoxy) is 4. The van der Waals surface area contributed by atoms with Crippen LogP contribution in [-0.2, 0) is 18.9 Å². The van der Waals surface area contributed by atoms with E-state index < -0.39 is 29.1 Å². The van der Waals surface area contributed by atoms with E-state index in [1.165, 1.54) is 6.42 Å². The van der Waals surface area contributed by atoms with Gasteiger partial charge in [0.05, 0.1) is 35.9 Å². The van der Waals surface area contributed by atoms with Gasteiger partial charge in [0.15, 0.2) is 0 Å². The van der Waals surface area contributed by atoms with Gasteiger partial charge in [0, 0.05) is 17.7 Å². The van der Waals surface area contributed by atoms with Crippen LogP contribution in [-0.4, -0.2) is 83.3 Å². The lowest BCUT2D eigenvalue weighted by molar-refractivity contribution is -0.0294. The first-order chi connectivity index (χ1) is 30.1. The number of hydrogen-bond acceptors (Lipinski definition) is 12. The largest absolute Gasteiger partial charge is 0.519 e. The number of rotatable bonds is 4. The Bertz CT molecular complexity index is 2550. The third kappa shape index (κ3) is 13.2. The molecule has 0 spiro atoms. The van der Waals surface area contributed by atoms with E-state index in [2.05, 4.69) is 48.2 Å². The number of fused-ring (bicyclic) bond motifs is 2. The fourth-order valence-electron chi connectivity index (χ4n) is 7.23. The normalized spacial score (nSPS) is 16.4. The maximum absolute atomic E-state index is 12.5. The lowest BCUT2D eigenvalue weighted by Crippen LogP contribution is -2.36. The van der Waals surface area contributed by atoms with Gasteiger partial charge in [-0.25, -0.2) is 24.4 Å². The van der Waals surface area contributed by atoms with E-state index in [9.17, 15) is 24.6 Å². The average Bonchev–Trinajstić information content (AvgIpc) is 4.03. The first kappa shape index (κ1) is 46.9. The molecule has 6 aromatic rings. The molecule has 5 N–H and O–H groups in total. The van der Waals surface area contributed by atoms with Gasteiger partial charge in [0.2, 0.25) is 0 Å². The van der Waals surface area contributed by atoms with E-state index >= 15 is 0 Å². The molecule has 2 fully saturated rings. The molecule has 0 aliphatic carbocycles. The number of hydrogen-bond donors (Lipinski definition) is 5. The Morgan fingerprint density at radius 3 is 1.56 bits per heavy atom. The van der Waals surface area contributed by atoms with Crippen LogP contribution in [0.15, 0.2) is 85.2 Å². The zero-order valence-corrected chi connectivity index (χ0v) is 38.1. The Hall–Kier alpha value is -6.61. The van der Waals surface area contributed by atoms with Crippen molar-refractivity contribution in [2.75, 3.05) is 13.1 Å². The second-order valence-electron chi connectivity index (χ2n) is 18.9. The smallest absolute Gasteiger partial charge is 0.508 e. The molecule has 340 valence electrons. The van der Waals surface area contributed by atoms with Crippen LogP contribution in [0.25, 0.3) is 44.1 Å². The lowest BCUT2D eigenvalue weighted by atomic mass is 10.1. The number of aromatic hydroxyl groups is 2. The summed E-state index contributed by atoms with van der Waals surface area (Å²) in [5, 5.41) is 26.8. The summed E-state index contributed by atoms with van der Waals surface area (Å²) >= 11 is 0. The highest BCUT2D eigenvalue weighted by molar-refractivity contribution is 5.89. The topological polar surface area (TPSA) is 201 Å². The van der Waals surface area contributed by atoms with Crippen molar-refractivity contribution in [2.24, 2.45) is 0 Å². The van der Waals surface area contributed by atoms with Gasteiger partial charge in [0.1, 0.15) is 40.0 Å². The van der Waals surface area contributed by atoms with Gasteiger partial charge in [-0.2, -0.15) is 0 Å². The molecule has 1 amide bonds. The predicted octanol–water partition coefficient (Wildman–Crippen LogP) is 11.2. The standard InChI is InChI=1S/C22H25N3O3.C17H17N3O.C10H18O5/c1-22(2,3)28-21(27)25-10-4-5-19(25)20-23-13-18(24-20)16-7-6-15-12-17(26)9-8-14(15)11-16;21-14-6-5-11-8-13(4-3-12(11)9-14)16-10-19-17(20-16)15-2-1-7-18-15;1-9(2,3)14-7(11)13-8(12)15-10(4,5)6/h6-9,11-13,19,26H,4-5,10H2,1-3H3,(H,23,24);3-6,8-10,15,18,21H,1-2,7H2,(H,19,20);1-6H3/t19-;15-;/m00./s1. The quantitative estimate of drug-likeness (QED) is 0.0638. The Balaban J connectivity index is 0.000000168. The molecule has 2 atom stereocenters. The lowest BCUT2D eigenvalue weighted by Gasteiger charge is -2.27. The molecule has 0 unspecified atom stereocenters. The maximum atomic E-state index is 12.5. The molecule has 2 aromatic heterocycles. The number of nitrogens with one attached hydrogen (secondary N) is 3. The number of amides is 1. The molecule has 2 saturated heterocycles. The van der Waals surface area contributed by atoms with Crippen molar-refractivity contribution in [2.45, 2.75) is 117 Å². The first-order valence-corrected chi connectivity index (χ1v) is 21.5. The van der Waals surface area contributed by atoms with Crippen LogP contribution in [0.2, 0.25) is 0 Å².